The van der Waals surface area contributed by atoms with Crippen LogP contribution in [0.5, 0.6) is 0 Å². The molecule has 2 unspecified atom stereocenters. The molecule has 25 heavy (non-hydrogen) atoms. The third-order valence-corrected chi connectivity index (χ3v) is 5.79. The highest BCUT2D eigenvalue weighted by atomic mass is 16.5. The molecule has 0 bridgehead atoms. The Morgan fingerprint density at radius 2 is 2.12 bits per heavy atom. The summed E-state index contributed by atoms with van der Waals surface area (Å²) in [5.74, 6) is 0.198. The van der Waals surface area contributed by atoms with Crippen molar-refractivity contribution in [3.05, 3.63) is 53.6 Å². The Hall–Kier alpha value is -2.29. The van der Waals surface area contributed by atoms with Crippen molar-refractivity contribution in [2.75, 3.05) is 6.61 Å². The van der Waals surface area contributed by atoms with Gasteiger partial charge in [0.1, 0.15) is 0 Å². The summed E-state index contributed by atoms with van der Waals surface area (Å²) in [5.41, 5.74) is 3.44. The minimum atomic E-state index is -0.276. The van der Waals surface area contributed by atoms with E-state index in [0.717, 1.165) is 17.7 Å². The Labute approximate surface area is 149 Å². The number of benzene rings is 2. The zero-order chi connectivity index (χ0) is 17.4. The molecule has 0 spiro atoms. The number of nitrogens with one attached hydrogen (secondary N) is 1. The van der Waals surface area contributed by atoms with Gasteiger partial charge in [-0.1, -0.05) is 49.2 Å². The highest BCUT2D eigenvalue weighted by Gasteiger charge is 2.43. The van der Waals surface area contributed by atoms with E-state index in [0.29, 0.717) is 12.5 Å². The van der Waals surface area contributed by atoms with Crippen LogP contribution < -0.4 is 5.32 Å². The van der Waals surface area contributed by atoms with Crippen LogP contribution in [0.15, 0.2) is 42.5 Å². The van der Waals surface area contributed by atoms with Crippen molar-refractivity contribution in [2.24, 2.45) is 0 Å². The lowest BCUT2D eigenvalue weighted by atomic mass is 9.66. The summed E-state index contributed by atoms with van der Waals surface area (Å²) in [7, 11) is 0. The van der Waals surface area contributed by atoms with Crippen LogP contribution in [0, 0.1) is 0 Å². The fourth-order valence-corrected chi connectivity index (χ4v) is 4.64. The molecule has 2 aromatic rings. The first kappa shape index (κ1) is 16.2. The van der Waals surface area contributed by atoms with E-state index in [2.05, 4.69) is 48.6 Å². The number of fused-ring (bicyclic) bond motifs is 5. The SMILES string of the molecule is CCOC(=O)C=C1NC2(C)CCCCC2c2c1ccc1ccccc21. The summed E-state index contributed by atoms with van der Waals surface area (Å²) < 4.78 is 5.16. The molecule has 130 valence electrons. The number of esters is 1. The third-order valence-electron chi connectivity index (χ3n) is 5.79. The number of hydrogen-bond donors (Lipinski definition) is 1. The van der Waals surface area contributed by atoms with Crippen molar-refractivity contribution in [1.82, 2.24) is 5.32 Å². The highest BCUT2D eigenvalue weighted by molar-refractivity contribution is 5.97. The number of carbonyl (C=O) groups is 1. The number of carbonyl (C=O) groups excluding carboxylic acids is 1. The average Bonchev–Trinajstić information content (AvgIpc) is 2.61. The van der Waals surface area contributed by atoms with Crippen LogP contribution >= 0.6 is 0 Å². The molecule has 0 saturated heterocycles. The molecule has 2 aromatic carbocycles. The van der Waals surface area contributed by atoms with Crippen molar-refractivity contribution >= 4 is 22.4 Å². The van der Waals surface area contributed by atoms with Crippen LogP contribution in [0.25, 0.3) is 16.5 Å². The van der Waals surface area contributed by atoms with Crippen molar-refractivity contribution in [2.45, 2.75) is 51.0 Å². The van der Waals surface area contributed by atoms with Crippen LogP contribution in [0.4, 0.5) is 0 Å². The van der Waals surface area contributed by atoms with E-state index < -0.39 is 0 Å². The first-order valence-corrected chi connectivity index (χ1v) is 9.31. The van der Waals surface area contributed by atoms with Crippen molar-refractivity contribution < 1.29 is 9.53 Å². The molecule has 1 aliphatic heterocycles. The molecule has 2 atom stereocenters. The largest absolute Gasteiger partial charge is 0.463 e. The third kappa shape index (κ3) is 2.72. The molecule has 1 heterocycles. The molecule has 0 amide bonds. The van der Waals surface area contributed by atoms with E-state index in [4.69, 9.17) is 4.74 Å². The quantitative estimate of drug-likeness (QED) is 0.635. The molecule has 3 nitrogen and oxygen atoms in total. The van der Waals surface area contributed by atoms with Gasteiger partial charge in [-0.3, -0.25) is 0 Å². The van der Waals surface area contributed by atoms with Crippen molar-refractivity contribution in [3.8, 4) is 0 Å². The lowest BCUT2D eigenvalue weighted by Crippen LogP contribution is -2.51. The summed E-state index contributed by atoms with van der Waals surface area (Å²) in [6.07, 6.45) is 6.44. The molecule has 2 aliphatic rings. The monoisotopic (exact) mass is 335 g/mol. The van der Waals surface area contributed by atoms with E-state index >= 15 is 0 Å². The Kier molecular flexibility index (Phi) is 4.03. The zero-order valence-electron chi connectivity index (χ0n) is 15.0. The fourth-order valence-electron chi connectivity index (χ4n) is 4.64. The van der Waals surface area contributed by atoms with E-state index in [1.165, 1.54) is 35.6 Å². The molecule has 1 N–H and O–H groups in total. The topological polar surface area (TPSA) is 38.3 Å². The van der Waals surface area contributed by atoms with Gasteiger partial charge in [0.2, 0.25) is 0 Å². The van der Waals surface area contributed by atoms with Crippen molar-refractivity contribution in [3.63, 3.8) is 0 Å². The highest BCUT2D eigenvalue weighted by Crippen LogP contribution is 2.49. The summed E-state index contributed by atoms with van der Waals surface area (Å²) in [5, 5.41) is 6.29. The van der Waals surface area contributed by atoms with Gasteiger partial charge >= 0.3 is 5.97 Å². The van der Waals surface area contributed by atoms with Gasteiger partial charge < -0.3 is 10.1 Å². The van der Waals surface area contributed by atoms with Crippen molar-refractivity contribution in [1.29, 1.82) is 0 Å². The summed E-state index contributed by atoms with van der Waals surface area (Å²) in [6.45, 7) is 4.54. The van der Waals surface area contributed by atoms with Crippen LogP contribution in [0.1, 0.15) is 56.6 Å². The molecule has 0 aromatic heterocycles. The molecule has 3 heteroatoms. The fraction of sp³-hybridized carbons (Fsp3) is 0.409. The van der Waals surface area contributed by atoms with Gasteiger partial charge in [0.25, 0.3) is 0 Å². The second-order valence-corrected chi connectivity index (χ2v) is 7.40. The summed E-state index contributed by atoms with van der Waals surface area (Å²) >= 11 is 0. The average molecular weight is 335 g/mol. The second kappa shape index (κ2) is 6.21. The molecular formula is C22H25NO2. The minimum Gasteiger partial charge on any atom is -0.463 e. The normalized spacial score (nSPS) is 26.6. The first-order chi connectivity index (χ1) is 12.1. The lowest BCUT2D eigenvalue weighted by Gasteiger charge is -2.48. The predicted octanol–water partition coefficient (Wildman–Crippen LogP) is 4.76. The molecule has 4 rings (SSSR count). The van der Waals surface area contributed by atoms with E-state index in [1.54, 1.807) is 6.08 Å². The van der Waals surface area contributed by atoms with Gasteiger partial charge in [0, 0.05) is 28.8 Å². The maximum atomic E-state index is 12.1. The summed E-state index contributed by atoms with van der Waals surface area (Å²) in [4.78, 5) is 12.1. The Morgan fingerprint density at radius 1 is 1.28 bits per heavy atom. The van der Waals surface area contributed by atoms with Crippen LogP contribution in [-0.2, 0) is 9.53 Å². The van der Waals surface area contributed by atoms with Gasteiger partial charge in [0.05, 0.1) is 6.61 Å². The number of ether oxygens (including phenoxy) is 1. The zero-order valence-corrected chi connectivity index (χ0v) is 15.0. The maximum absolute atomic E-state index is 12.1. The molecular weight excluding hydrogens is 310 g/mol. The Balaban J connectivity index is 1.94. The lowest BCUT2D eigenvalue weighted by molar-refractivity contribution is -0.137. The summed E-state index contributed by atoms with van der Waals surface area (Å²) in [6, 6.07) is 12.9. The smallest absolute Gasteiger partial charge is 0.332 e. The minimum absolute atomic E-state index is 0.00625. The van der Waals surface area contributed by atoms with E-state index in [1.807, 2.05) is 6.92 Å². The van der Waals surface area contributed by atoms with E-state index in [9.17, 15) is 4.79 Å². The van der Waals surface area contributed by atoms with E-state index in [-0.39, 0.29) is 11.5 Å². The van der Waals surface area contributed by atoms with Crippen LogP contribution in [0.3, 0.4) is 0 Å². The predicted molar refractivity (Wildman–Crippen MR) is 101 cm³/mol. The van der Waals surface area contributed by atoms with Gasteiger partial charge in [-0.05, 0) is 43.0 Å². The first-order valence-electron chi connectivity index (χ1n) is 9.31. The molecule has 1 fully saturated rings. The molecule has 0 radical (unpaired) electrons. The molecule has 1 saturated carbocycles. The maximum Gasteiger partial charge on any atom is 0.332 e. The van der Waals surface area contributed by atoms with Gasteiger partial charge in [-0.2, -0.15) is 0 Å². The Morgan fingerprint density at radius 3 is 2.96 bits per heavy atom. The van der Waals surface area contributed by atoms with Gasteiger partial charge in [-0.25, -0.2) is 4.79 Å². The number of rotatable bonds is 2. The van der Waals surface area contributed by atoms with Gasteiger partial charge in [-0.15, -0.1) is 0 Å². The second-order valence-electron chi connectivity index (χ2n) is 7.40. The standard InChI is InChI=1S/C22H25NO2/c1-3-25-20(24)14-19-17-12-11-15-8-4-5-9-16(15)21(17)18-10-6-7-13-22(18,2)23-19/h4-5,8-9,11-12,14,18,23H,3,6-7,10,13H2,1-2H3. The van der Waals surface area contributed by atoms with Crippen LogP contribution in [-0.4, -0.2) is 18.1 Å². The van der Waals surface area contributed by atoms with Crippen LogP contribution in [0.2, 0.25) is 0 Å². The Bertz CT molecular complexity index is 854. The molecule has 1 aliphatic carbocycles. The van der Waals surface area contributed by atoms with Gasteiger partial charge in [0.15, 0.2) is 0 Å². The number of hydrogen-bond acceptors (Lipinski definition) is 3.